The van der Waals surface area contributed by atoms with Gasteiger partial charge in [0.1, 0.15) is 0 Å². The van der Waals surface area contributed by atoms with E-state index in [4.69, 9.17) is 5.84 Å². The molecule has 0 aliphatic carbocycles. The monoisotopic (exact) mass is 268 g/mol. The average Bonchev–Trinajstić information content (AvgIpc) is 2.32. The molecule has 1 heterocycles. The summed E-state index contributed by atoms with van der Waals surface area (Å²) in [5.41, 5.74) is 4.14. The van der Waals surface area contributed by atoms with Gasteiger partial charge in [-0.05, 0) is 32.8 Å². The normalized spacial score (nSPS) is 10.4. The highest BCUT2D eigenvalue weighted by atomic mass is 32.2. The van der Waals surface area contributed by atoms with Crippen molar-refractivity contribution in [1.82, 2.24) is 15.4 Å². The van der Waals surface area contributed by atoms with Crippen molar-refractivity contribution in [2.75, 3.05) is 5.75 Å². The van der Waals surface area contributed by atoms with Gasteiger partial charge in [0.2, 0.25) is 5.91 Å². The van der Waals surface area contributed by atoms with Gasteiger partial charge in [-0.1, -0.05) is 18.2 Å². The molecule has 0 aliphatic heterocycles. The number of aromatic nitrogens is 2. The first-order valence-corrected chi connectivity index (χ1v) is 7.05. The number of hydrazine groups is 1. The van der Waals surface area contributed by atoms with E-state index in [2.05, 4.69) is 15.4 Å². The summed E-state index contributed by atoms with van der Waals surface area (Å²) in [4.78, 5) is 19.6. The molecule has 0 bridgehead atoms. The number of carbonyl (C=O) groups is 1. The van der Waals surface area contributed by atoms with Crippen LogP contribution in [-0.4, -0.2) is 21.6 Å². The molecule has 0 atom stereocenters. The lowest BCUT2D eigenvalue weighted by molar-refractivity contribution is -0.121. The fraction of sp³-hybridized carbons (Fsp3) is 0.583. The first kappa shape index (κ1) is 14.9. The largest absolute Gasteiger partial charge is 0.294 e. The summed E-state index contributed by atoms with van der Waals surface area (Å²) in [7, 11) is 0. The van der Waals surface area contributed by atoms with Crippen LogP contribution < -0.4 is 11.3 Å². The molecule has 0 fully saturated rings. The van der Waals surface area contributed by atoms with Crippen LogP contribution in [0.5, 0.6) is 0 Å². The highest BCUT2D eigenvalue weighted by molar-refractivity contribution is 7.99. The van der Waals surface area contributed by atoms with Crippen molar-refractivity contribution in [3.8, 4) is 0 Å². The van der Waals surface area contributed by atoms with Crippen LogP contribution in [0.2, 0.25) is 0 Å². The Bertz CT molecular complexity index is 377. The minimum Gasteiger partial charge on any atom is -0.294 e. The van der Waals surface area contributed by atoms with Crippen LogP contribution in [0, 0.1) is 13.8 Å². The maximum absolute atomic E-state index is 10.9. The Kier molecular flexibility index (Phi) is 6.67. The van der Waals surface area contributed by atoms with Crippen LogP contribution in [0.25, 0.3) is 0 Å². The molecular formula is C12H20N4OS. The van der Waals surface area contributed by atoms with Gasteiger partial charge in [-0.25, -0.2) is 15.8 Å². The molecule has 6 heteroatoms. The number of rotatable bonds is 7. The van der Waals surface area contributed by atoms with E-state index in [-0.39, 0.29) is 5.91 Å². The summed E-state index contributed by atoms with van der Waals surface area (Å²) in [6, 6.07) is 1.97. The van der Waals surface area contributed by atoms with Crippen LogP contribution in [-0.2, 0) is 4.79 Å². The lowest BCUT2D eigenvalue weighted by Crippen LogP contribution is -2.29. The van der Waals surface area contributed by atoms with Crippen molar-refractivity contribution in [2.45, 2.75) is 44.7 Å². The Morgan fingerprint density at radius 2 is 1.94 bits per heavy atom. The number of nitrogens with two attached hydrogens (primary N) is 1. The van der Waals surface area contributed by atoms with Crippen LogP contribution in [0.15, 0.2) is 11.2 Å². The third kappa shape index (κ3) is 5.97. The number of amides is 1. The van der Waals surface area contributed by atoms with E-state index in [1.165, 1.54) is 0 Å². The number of carbonyl (C=O) groups excluding carboxylic acids is 1. The second-order valence-electron chi connectivity index (χ2n) is 4.16. The standard InChI is InChI=1S/C12H20N4OS/c1-9-8-10(2)15-12(14-9)18-7-5-3-4-6-11(17)16-13/h8H,3-7,13H2,1-2H3,(H,16,17). The van der Waals surface area contributed by atoms with Crippen molar-refractivity contribution in [3.63, 3.8) is 0 Å². The molecule has 100 valence electrons. The fourth-order valence-electron chi connectivity index (χ4n) is 1.56. The van der Waals surface area contributed by atoms with Crippen LogP contribution in [0.4, 0.5) is 0 Å². The summed E-state index contributed by atoms with van der Waals surface area (Å²) in [6.07, 6.45) is 3.45. The molecule has 1 amide bonds. The van der Waals surface area contributed by atoms with Gasteiger partial charge >= 0.3 is 0 Å². The maximum atomic E-state index is 10.9. The zero-order valence-corrected chi connectivity index (χ0v) is 11.7. The highest BCUT2D eigenvalue weighted by Gasteiger charge is 2.01. The predicted octanol–water partition coefficient (Wildman–Crippen LogP) is 1.74. The average molecular weight is 268 g/mol. The smallest absolute Gasteiger partial charge is 0.233 e. The molecule has 5 nitrogen and oxygen atoms in total. The minimum absolute atomic E-state index is 0.0969. The van der Waals surface area contributed by atoms with Crippen molar-refractivity contribution in [3.05, 3.63) is 17.5 Å². The highest BCUT2D eigenvalue weighted by Crippen LogP contribution is 2.16. The first-order valence-electron chi connectivity index (χ1n) is 6.06. The zero-order chi connectivity index (χ0) is 13.4. The van der Waals surface area contributed by atoms with Gasteiger partial charge in [0, 0.05) is 23.6 Å². The number of unbranched alkanes of at least 4 members (excludes halogenated alkanes) is 2. The third-order valence-corrected chi connectivity index (χ3v) is 3.34. The predicted molar refractivity (Wildman–Crippen MR) is 73.0 cm³/mol. The lowest BCUT2D eigenvalue weighted by Gasteiger charge is -2.03. The van der Waals surface area contributed by atoms with E-state index in [0.29, 0.717) is 6.42 Å². The molecule has 3 N–H and O–H groups in total. The summed E-state index contributed by atoms with van der Waals surface area (Å²) in [6.45, 7) is 3.95. The number of hydrogen-bond acceptors (Lipinski definition) is 5. The Balaban J connectivity index is 2.16. The van der Waals surface area contributed by atoms with Gasteiger partial charge in [0.15, 0.2) is 5.16 Å². The topological polar surface area (TPSA) is 80.9 Å². The van der Waals surface area contributed by atoms with Crippen molar-refractivity contribution in [1.29, 1.82) is 0 Å². The minimum atomic E-state index is -0.0969. The molecule has 0 saturated heterocycles. The van der Waals surface area contributed by atoms with Crippen LogP contribution in [0.1, 0.15) is 37.1 Å². The van der Waals surface area contributed by atoms with E-state index < -0.39 is 0 Å². The Morgan fingerprint density at radius 1 is 1.28 bits per heavy atom. The van der Waals surface area contributed by atoms with Gasteiger partial charge in [0.25, 0.3) is 0 Å². The van der Waals surface area contributed by atoms with E-state index in [1.54, 1.807) is 11.8 Å². The number of nitrogens with zero attached hydrogens (tertiary/aromatic N) is 2. The quantitative estimate of drug-likeness (QED) is 0.197. The zero-order valence-electron chi connectivity index (χ0n) is 10.9. The molecular weight excluding hydrogens is 248 g/mol. The molecule has 0 saturated carbocycles. The molecule has 0 unspecified atom stereocenters. The van der Waals surface area contributed by atoms with Crippen molar-refractivity contribution >= 4 is 17.7 Å². The van der Waals surface area contributed by atoms with Crippen molar-refractivity contribution in [2.24, 2.45) is 5.84 Å². The Morgan fingerprint density at radius 3 is 2.56 bits per heavy atom. The molecule has 0 spiro atoms. The third-order valence-electron chi connectivity index (χ3n) is 2.40. The maximum Gasteiger partial charge on any atom is 0.233 e. The number of hydrogen-bond donors (Lipinski definition) is 2. The van der Waals surface area contributed by atoms with E-state index in [1.807, 2.05) is 19.9 Å². The SMILES string of the molecule is Cc1cc(C)nc(SCCCCCC(=O)NN)n1. The Labute approximate surface area is 112 Å². The molecule has 18 heavy (non-hydrogen) atoms. The van der Waals surface area contributed by atoms with Gasteiger partial charge < -0.3 is 0 Å². The van der Waals surface area contributed by atoms with E-state index in [0.717, 1.165) is 41.6 Å². The first-order chi connectivity index (χ1) is 8.61. The number of aryl methyl sites for hydroxylation is 2. The summed E-state index contributed by atoms with van der Waals surface area (Å²) >= 11 is 1.67. The molecule has 1 aromatic heterocycles. The Hall–Kier alpha value is -1.14. The second kappa shape index (κ2) is 8.05. The van der Waals surface area contributed by atoms with Gasteiger partial charge in [-0.2, -0.15) is 0 Å². The molecule has 0 aliphatic rings. The lowest BCUT2D eigenvalue weighted by atomic mass is 10.2. The van der Waals surface area contributed by atoms with Crippen molar-refractivity contribution < 1.29 is 4.79 Å². The van der Waals surface area contributed by atoms with Crippen LogP contribution in [0.3, 0.4) is 0 Å². The molecule has 0 radical (unpaired) electrons. The van der Waals surface area contributed by atoms with Crippen LogP contribution >= 0.6 is 11.8 Å². The summed E-state index contributed by atoms with van der Waals surface area (Å²) < 4.78 is 0. The molecule has 0 aromatic carbocycles. The van der Waals surface area contributed by atoms with E-state index >= 15 is 0 Å². The van der Waals surface area contributed by atoms with Gasteiger partial charge in [-0.15, -0.1) is 0 Å². The summed E-state index contributed by atoms with van der Waals surface area (Å²) in [5, 5.41) is 0.840. The van der Waals surface area contributed by atoms with E-state index in [9.17, 15) is 4.79 Å². The molecule has 1 aromatic rings. The van der Waals surface area contributed by atoms with Gasteiger partial charge in [0.05, 0.1) is 0 Å². The molecule has 1 rings (SSSR count). The number of thioether (sulfide) groups is 1. The second-order valence-corrected chi connectivity index (χ2v) is 5.22. The summed E-state index contributed by atoms with van der Waals surface area (Å²) in [5.74, 6) is 5.88. The van der Waals surface area contributed by atoms with Gasteiger partial charge in [-0.3, -0.25) is 10.2 Å². The number of nitrogens with one attached hydrogen (secondary N) is 1. The fourth-order valence-corrected chi connectivity index (χ4v) is 2.51.